The van der Waals surface area contributed by atoms with E-state index >= 15 is 0 Å². The van der Waals surface area contributed by atoms with Gasteiger partial charge in [-0.05, 0) is 0 Å². The summed E-state index contributed by atoms with van der Waals surface area (Å²) in [7, 11) is 1.15. The van der Waals surface area contributed by atoms with Crippen LogP contribution in [0.4, 0.5) is 14.5 Å². The second-order valence-corrected chi connectivity index (χ2v) is 2.33. The number of pyridine rings is 1. The summed E-state index contributed by atoms with van der Waals surface area (Å²) in [4.78, 5) is 12.9. The molecule has 0 bridgehead atoms. The lowest BCUT2D eigenvalue weighted by molar-refractivity contribution is -0.386. The Hall–Kier alpha value is -1.79. The fraction of sp³-hybridized carbons (Fsp3) is 0.286. The molecule has 0 amide bonds. The Kier molecular flexibility index (Phi) is 2.90. The van der Waals surface area contributed by atoms with Gasteiger partial charge in [0.25, 0.3) is 12.1 Å². The first-order valence-electron chi connectivity index (χ1n) is 3.52. The maximum absolute atomic E-state index is 12.4. The van der Waals surface area contributed by atoms with E-state index in [1.807, 2.05) is 0 Å². The van der Waals surface area contributed by atoms with Crippen molar-refractivity contribution in [2.75, 3.05) is 7.11 Å². The first-order chi connectivity index (χ1) is 6.57. The molecule has 0 aromatic carbocycles. The summed E-state index contributed by atoms with van der Waals surface area (Å²) in [6.45, 7) is 0. The predicted molar refractivity (Wildman–Crippen MR) is 42.4 cm³/mol. The zero-order valence-electron chi connectivity index (χ0n) is 7.11. The summed E-state index contributed by atoms with van der Waals surface area (Å²) in [5, 5.41) is 10.4. The maximum Gasteiger partial charge on any atom is 0.300 e. The van der Waals surface area contributed by atoms with Crippen molar-refractivity contribution in [2.24, 2.45) is 0 Å². The van der Waals surface area contributed by atoms with Crippen LogP contribution in [0.5, 0.6) is 5.75 Å². The average Bonchev–Trinajstić information content (AvgIpc) is 2.16. The second-order valence-electron chi connectivity index (χ2n) is 2.33. The van der Waals surface area contributed by atoms with Crippen molar-refractivity contribution in [1.29, 1.82) is 0 Å². The molecule has 1 aromatic rings. The highest BCUT2D eigenvalue weighted by Gasteiger charge is 2.26. The Balaban J connectivity index is 3.35. The zero-order chi connectivity index (χ0) is 10.7. The minimum absolute atomic E-state index is 0.283. The molecule has 5 nitrogen and oxygen atoms in total. The van der Waals surface area contributed by atoms with Crippen LogP contribution in [0.25, 0.3) is 0 Å². The van der Waals surface area contributed by atoms with Crippen LogP contribution in [-0.4, -0.2) is 17.0 Å². The number of rotatable bonds is 3. The summed E-state index contributed by atoms with van der Waals surface area (Å²) >= 11 is 0. The van der Waals surface area contributed by atoms with E-state index in [9.17, 15) is 18.9 Å². The third kappa shape index (κ3) is 1.76. The third-order valence-corrected chi connectivity index (χ3v) is 1.56. The van der Waals surface area contributed by atoms with Crippen LogP contribution in [0.15, 0.2) is 12.4 Å². The summed E-state index contributed by atoms with van der Waals surface area (Å²) < 4.78 is 29.4. The Morgan fingerprint density at radius 2 is 2.21 bits per heavy atom. The molecule has 0 saturated heterocycles. The van der Waals surface area contributed by atoms with Crippen molar-refractivity contribution < 1.29 is 18.4 Å². The van der Waals surface area contributed by atoms with E-state index in [0.717, 1.165) is 19.5 Å². The fourth-order valence-electron chi connectivity index (χ4n) is 0.968. The molecule has 0 unspecified atom stereocenters. The van der Waals surface area contributed by atoms with Gasteiger partial charge in [0.2, 0.25) is 0 Å². The van der Waals surface area contributed by atoms with Gasteiger partial charge in [-0.1, -0.05) is 0 Å². The number of halogens is 2. The molecule has 0 N–H and O–H groups in total. The van der Waals surface area contributed by atoms with E-state index < -0.39 is 22.6 Å². The number of hydrogen-bond donors (Lipinski definition) is 0. The number of ether oxygens (including phenoxy) is 1. The van der Waals surface area contributed by atoms with Crippen molar-refractivity contribution in [3.63, 3.8) is 0 Å². The van der Waals surface area contributed by atoms with Crippen molar-refractivity contribution >= 4 is 5.69 Å². The van der Waals surface area contributed by atoms with Crippen molar-refractivity contribution in [2.45, 2.75) is 6.43 Å². The van der Waals surface area contributed by atoms with Gasteiger partial charge in [-0.2, -0.15) is 0 Å². The topological polar surface area (TPSA) is 65.3 Å². The normalized spacial score (nSPS) is 10.3. The van der Waals surface area contributed by atoms with Crippen LogP contribution < -0.4 is 4.74 Å². The number of methoxy groups -OCH3 is 1. The molecule has 14 heavy (non-hydrogen) atoms. The lowest BCUT2D eigenvalue weighted by atomic mass is 10.2. The number of nitrogens with zero attached hydrogens (tertiary/aromatic N) is 2. The lowest BCUT2D eigenvalue weighted by Crippen LogP contribution is -2.00. The van der Waals surface area contributed by atoms with Gasteiger partial charge in [0.1, 0.15) is 11.8 Å². The summed E-state index contributed by atoms with van der Waals surface area (Å²) in [5.41, 5.74) is -1.48. The molecule has 0 spiro atoms. The number of aromatic nitrogens is 1. The lowest BCUT2D eigenvalue weighted by Gasteiger charge is -2.06. The van der Waals surface area contributed by atoms with Gasteiger partial charge >= 0.3 is 0 Å². The second kappa shape index (κ2) is 3.95. The predicted octanol–water partition coefficient (Wildman–Crippen LogP) is 1.94. The Bertz CT molecular complexity index is 357. The molecular formula is C7H6F2N2O3. The molecule has 0 radical (unpaired) electrons. The van der Waals surface area contributed by atoms with Gasteiger partial charge in [0.05, 0.1) is 18.2 Å². The number of hydrogen-bond acceptors (Lipinski definition) is 4. The van der Waals surface area contributed by atoms with Crippen LogP contribution in [-0.2, 0) is 0 Å². The van der Waals surface area contributed by atoms with Gasteiger partial charge in [-0.25, -0.2) is 8.78 Å². The molecule has 1 heterocycles. The minimum atomic E-state index is -2.96. The molecule has 0 aliphatic heterocycles. The van der Waals surface area contributed by atoms with E-state index in [-0.39, 0.29) is 5.75 Å². The molecule has 0 fully saturated rings. The standard InChI is InChI=1S/C7H6F2N2O3/c1-14-5-3-10-2-4(11(12)13)6(5)7(8)9/h2-3,7H,1H3. The highest BCUT2D eigenvalue weighted by Crippen LogP contribution is 2.35. The molecule has 1 rings (SSSR count). The minimum Gasteiger partial charge on any atom is -0.494 e. The highest BCUT2D eigenvalue weighted by atomic mass is 19.3. The quantitative estimate of drug-likeness (QED) is 0.557. The van der Waals surface area contributed by atoms with Crippen molar-refractivity contribution in [1.82, 2.24) is 4.98 Å². The van der Waals surface area contributed by atoms with Gasteiger partial charge in [-0.15, -0.1) is 0 Å². The molecule has 0 aliphatic rings. The molecule has 0 saturated carbocycles. The van der Waals surface area contributed by atoms with Gasteiger partial charge in [0.15, 0.2) is 5.75 Å². The highest BCUT2D eigenvalue weighted by molar-refractivity contribution is 5.47. The fourth-order valence-corrected chi connectivity index (χ4v) is 0.968. The van der Waals surface area contributed by atoms with E-state index in [0.29, 0.717) is 0 Å². The largest absolute Gasteiger partial charge is 0.494 e. The van der Waals surface area contributed by atoms with E-state index in [2.05, 4.69) is 9.72 Å². The summed E-state index contributed by atoms with van der Waals surface area (Å²) in [6.07, 6.45) is -1.19. The number of alkyl halides is 2. The van der Waals surface area contributed by atoms with Gasteiger partial charge < -0.3 is 4.74 Å². The Morgan fingerprint density at radius 1 is 1.57 bits per heavy atom. The van der Waals surface area contributed by atoms with Crippen LogP contribution in [0, 0.1) is 10.1 Å². The molecule has 7 heteroatoms. The average molecular weight is 204 g/mol. The molecular weight excluding hydrogens is 198 g/mol. The van der Waals surface area contributed by atoms with E-state index in [4.69, 9.17) is 0 Å². The number of nitro groups is 1. The molecule has 0 aliphatic carbocycles. The van der Waals surface area contributed by atoms with Crippen LogP contribution in [0.1, 0.15) is 12.0 Å². The maximum atomic E-state index is 12.4. The SMILES string of the molecule is COc1cncc([N+](=O)[O-])c1C(F)F. The van der Waals surface area contributed by atoms with E-state index in [1.54, 1.807) is 0 Å². The first kappa shape index (κ1) is 10.3. The molecule has 1 aromatic heterocycles. The Morgan fingerprint density at radius 3 is 2.64 bits per heavy atom. The molecule has 76 valence electrons. The summed E-state index contributed by atoms with van der Waals surface area (Å²) in [6, 6.07) is 0. The van der Waals surface area contributed by atoms with Crippen LogP contribution in [0.3, 0.4) is 0 Å². The Labute approximate surface area is 77.5 Å². The van der Waals surface area contributed by atoms with Gasteiger partial charge in [-0.3, -0.25) is 15.1 Å². The summed E-state index contributed by atoms with van der Waals surface area (Å²) in [5.74, 6) is -0.283. The van der Waals surface area contributed by atoms with Crippen LogP contribution >= 0.6 is 0 Å². The first-order valence-corrected chi connectivity index (χ1v) is 3.52. The smallest absolute Gasteiger partial charge is 0.300 e. The van der Waals surface area contributed by atoms with Crippen molar-refractivity contribution in [3.05, 3.63) is 28.1 Å². The monoisotopic (exact) mass is 204 g/mol. The van der Waals surface area contributed by atoms with Crippen molar-refractivity contribution in [3.8, 4) is 5.75 Å². The van der Waals surface area contributed by atoms with Gasteiger partial charge in [0, 0.05) is 0 Å². The third-order valence-electron chi connectivity index (χ3n) is 1.56. The van der Waals surface area contributed by atoms with Crippen LogP contribution in [0.2, 0.25) is 0 Å². The molecule has 0 atom stereocenters. The zero-order valence-corrected chi connectivity index (χ0v) is 7.11. The van der Waals surface area contributed by atoms with E-state index in [1.165, 1.54) is 0 Å².